The summed E-state index contributed by atoms with van der Waals surface area (Å²) in [6, 6.07) is 2.61. The van der Waals surface area contributed by atoms with E-state index in [1.807, 2.05) is 6.07 Å². The summed E-state index contributed by atoms with van der Waals surface area (Å²) in [6.07, 6.45) is -3.63. The van der Waals surface area contributed by atoms with Gasteiger partial charge in [0.25, 0.3) is 5.91 Å². The second-order valence-corrected chi connectivity index (χ2v) is 4.34. The van der Waals surface area contributed by atoms with Crippen LogP contribution in [0.25, 0.3) is 0 Å². The summed E-state index contributed by atoms with van der Waals surface area (Å²) >= 11 is 0. The molecule has 0 aromatic carbocycles. The van der Waals surface area contributed by atoms with Crippen molar-refractivity contribution in [1.29, 1.82) is 5.26 Å². The van der Waals surface area contributed by atoms with Crippen LogP contribution < -0.4 is 0 Å². The van der Waals surface area contributed by atoms with Crippen molar-refractivity contribution < 1.29 is 22.5 Å². The molecule has 19 heavy (non-hydrogen) atoms. The van der Waals surface area contributed by atoms with E-state index in [9.17, 15) is 18.0 Å². The molecule has 0 spiro atoms. The summed E-state index contributed by atoms with van der Waals surface area (Å²) in [7, 11) is 0. The van der Waals surface area contributed by atoms with E-state index in [2.05, 4.69) is 9.68 Å². The van der Waals surface area contributed by atoms with Crippen molar-refractivity contribution in [1.82, 2.24) is 10.1 Å². The molecule has 0 bridgehead atoms. The second-order valence-electron chi connectivity index (χ2n) is 4.34. The number of nitriles is 1. The summed E-state index contributed by atoms with van der Waals surface area (Å²) in [6.45, 7) is 0.766. The first-order valence-corrected chi connectivity index (χ1v) is 5.62. The highest BCUT2D eigenvalue weighted by Crippen LogP contribution is 2.29. The number of hydrogen-bond acceptors (Lipinski definition) is 4. The van der Waals surface area contributed by atoms with Gasteiger partial charge in [-0.25, -0.2) is 0 Å². The predicted octanol–water partition coefficient (Wildman–Crippen LogP) is 2.07. The molecule has 0 saturated carbocycles. The summed E-state index contributed by atoms with van der Waals surface area (Å²) < 4.78 is 41.4. The monoisotopic (exact) mass is 273 g/mol. The number of aromatic nitrogens is 1. The highest BCUT2D eigenvalue weighted by molar-refractivity contribution is 5.91. The Balaban J connectivity index is 2.05. The highest BCUT2D eigenvalue weighted by atomic mass is 19.4. The van der Waals surface area contributed by atoms with Gasteiger partial charge in [0.1, 0.15) is 0 Å². The number of amides is 1. The summed E-state index contributed by atoms with van der Waals surface area (Å²) in [5.74, 6) is -0.979. The molecule has 1 aliphatic rings. The van der Waals surface area contributed by atoms with E-state index in [1.54, 1.807) is 0 Å². The lowest BCUT2D eigenvalue weighted by Crippen LogP contribution is -2.28. The van der Waals surface area contributed by atoms with Crippen LogP contribution in [0, 0.1) is 17.2 Å². The number of alkyl halides is 3. The maximum Gasteiger partial charge on any atom is 0.436 e. The highest BCUT2D eigenvalue weighted by Gasteiger charge is 2.37. The molecular weight excluding hydrogens is 263 g/mol. The van der Waals surface area contributed by atoms with Crippen LogP contribution >= 0.6 is 0 Å². The third kappa shape index (κ3) is 2.86. The number of halogens is 3. The summed E-state index contributed by atoms with van der Waals surface area (Å²) in [5.41, 5.74) is -1.22. The molecule has 8 heteroatoms. The molecule has 1 amide bonds. The molecule has 2 heterocycles. The lowest BCUT2D eigenvalue weighted by Gasteiger charge is -2.13. The van der Waals surface area contributed by atoms with Crippen molar-refractivity contribution in [2.75, 3.05) is 13.1 Å². The van der Waals surface area contributed by atoms with Gasteiger partial charge in [0, 0.05) is 25.6 Å². The largest absolute Gasteiger partial charge is 0.436 e. The van der Waals surface area contributed by atoms with Gasteiger partial charge in [-0.3, -0.25) is 4.79 Å². The third-order valence-electron chi connectivity index (χ3n) is 2.96. The topological polar surface area (TPSA) is 70.1 Å². The van der Waals surface area contributed by atoms with Crippen LogP contribution in [-0.2, 0) is 6.18 Å². The minimum Gasteiger partial charge on any atom is -0.350 e. The molecule has 2 rings (SSSR count). The van der Waals surface area contributed by atoms with E-state index in [-0.39, 0.29) is 5.92 Å². The van der Waals surface area contributed by atoms with E-state index in [4.69, 9.17) is 5.26 Å². The van der Waals surface area contributed by atoms with Crippen LogP contribution in [0.1, 0.15) is 29.1 Å². The van der Waals surface area contributed by atoms with Crippen molar-refractivity contribution in [3.05, 3.63) is 17.5 Å². The molecule has 0 N–H and O–H groups in total. The van der Waals surface area contributed by atoms with Gasteiger partial charge in [-0.2, -0.15) is 18.4 Å². The van der Waals surface area contributed by atoms with E-state index >= 15 is 0 Å². The van der Waals surface area contributed by atoms with Gasteiger partial charge in [0.15, 0.2) is 5.69 Å². The lowest BCUT2D eigenvalue weighted by atomic mass is 10.1. The number of nitrogens with zero attached hydrogens (tertiary/aromatic N) is 3. The fourth-order valence-corrected chi connectivity index (χ4v) is 1.98. The van der Waals surface area contributed by atoms with Crippen molar-refractivity contribution >= 4 is 5.91 Å². The molecule has 0 aliphatic carbocycles. The van der Waals surface area contributed by atoms with Crippen LogP contribution in [0.2, 0.25) is 0 Å². The first-order chi connectivity index (χ1) is 8.91. The Morgan fingerprint density at radius 3 is 2.95 bits per heavy atom. The van der Waals surface area contributed by atoms with Gasteiger partial charge < -0.3 is 9.42 Å². The van der Waals surface area contributed by atoms with Crippen molar-refractivity contribution in [2.45, 2.75) is 19.0 Å². The first kappa shape index (κ1) is 13.4. The Labute approximate surface area is 106 Å². The average Bonchev–Trinajstić information content (AvgIpc) is 2.96. The molecule has 1 atom stereocenters. The quantitative estimate of drug-likeness (QED) is 0.827. The van der Waals surface area contributed by atoms with Gasteiger partial charge in [0.2, 0.25) is 5.76 Å². The average molecular weight is 273 g/mol. The fourth-order valence-electron chi connectivity index (χ4n) is 1.98. The molecule has 102 valence electrons. The number of hydrogen-bond donors (Lipinski definition) is 0. The summed E-state index contributed by atoms with van der Waals surface area (Å²) in [4.78, 5) is 13.3. The number of carbonyl (C=O) groups is 1. The van der Waals surface area contributed by atoms with E-state index in [0.29, 0.717) is 32.0 Å². The van der Waals surface area contributed by atoms with Crippen molar-refractivity contribution in [2.24, 2.45) is 5.92 Å². The molecule has 1 saturated heterocycles. The van der Waals surface area contributed by atoms with Gasteiger partial charge in [-0.05, 0) is 12.3 Å². The smallest absolute Gasteiger partial charge is 0.350 e. The Morgan fingerprint density at radius 1 is 1.63 bits per heavy atom. The Morgan fingerprint density at radius 2 is 2.37 bits per heavy atom. The van der Waals surface area contributed by atoms with Crippen molar-refractivity contribution in [3.63, 3.8) is 0 Å². The number of likely N-dealkylation sites (tertiary alicyclic amines) is 1. The first-order valence-electron chi connectivity index (χ1n) is 5.62. The predicted molar refractivity (Wildman–Crippen MR) is 55.7 cm³/mol. The summed E-state index contributed by atoms with van der Waals surface area (Å²) in [5, 5.41) is 11.4. The maximum absolute atomic E-state index is 12.3. The van der Waals surface area contributed by atoms with Crippen LogP contribution in [0.15, 0.2) is 10.6 Å². The van der Waals surface area contributed by atoms with Gasteiger partial charge in [-0.1, -0.05) is 5.16 Å². The zero-order valence-corrected chi connectivity index (χ0v) is 9.78. The molecule has 0 radical (unpaired) electrons. The maximum atomic E-state index is 12.3. The zero-order chi connectivity index (χ0) is 14.0. The van der Waals surface area contributed by atoms with Crippen LogP contribution in [-0.4, -0.2) is 29.1 Å². The third-order valence-corrected chi connectivity index (χ3v) is 2.96. The molecule has 1 aliphatic heterocycles. The van der Waals surface area contributed by atoms with Crippen molar-refractivity contribution in [3.8, 4) is 6.07 Å². The minimum absolute atomic E-state index is 0.0685. The SMILES string of the molecule is N#CCC1CCN(C(=O)c2cc(C(F)(F)F)no2)C1. The zero-order valence-electron chi connectivity index (χ0n) is 9.78. The standard InChI is InChI=1S/C11H10F3N3O2/c12-11(13,14)9-5-8(19-16-9)10(18)17-4-2-7(6-17)1-3-15/h5,7H,1-2,4,6H2. The van der Waals surface area contributed by atoms with Gasteiger partial charge >= 0.3 is 6.18 Å². The van der Waals surface area contributed by atoms with E-state index in [1.165, 1.54) is 4.90 Å². The molecular formula is C11H10F3N3O2. The molecule has 1 fully saturated rings. The molecule has 1 unspecified atom stereocenters. The normalized spacial score (nSPS) is 19.5. The molecule has 5 nitrogen and oxygen atoms in total. The Bertz CT molecular complexity index is 518. The van der Waals surface area contributed by atoms with E-state index < -0.39 is 23.5 Å². The van der Waals surface area contributed by atoms with Crippen LogP contribution in [0.5, 0.6) is 0 Å². The number of rotatable bonds is 2. The Kier molecular flexibility index (Phi) is 3.46. The van der Waals surface area contributed by atoms with E-state index in [0.717, 1.165) is 0 Å². The minimum atomic E-state index is -4.63. The van der Waals surface area contributed by atoms with Crippen LogP contribution in [0.4, 0.5) is 13.2 Å². The molecule has 1 aromatic heterocycles. The van der Waals surface area contributed by atoms with Crippen LogP contribution in [0.3, 0.4) is 0 Å². The van der Waals surface area contributed by atoms with Gasteiger partial charge in [-0.15, -0.1) is 0 Å². The Hall–Kier alpha value is -2.04. The van der Waals surface area contributed by atoms with Gasteiger partial charge in [0.05, 0.1) is 6.07 Å². The second kappa shape index (κ2) is 4.91. The number of carbonyl (C=O) groups excluding carboxylic acids is 1. The molecule has 1 aromatic rings. The lowest BCUT2D eigenvalue weighted by molar-refractivity contribution is -0.142. The fraction of sp³-hybridized carbons (Fsp3) is 0.545.